The summed E-state index contributed by atoms with van der Waals surface area (Å²) in [6, 6.07) is 10.2. The maximum Gasteiger partial charge on any atom is 0.573 e. The number of hydrogen-bond acceptors (Lipinski definition) is 7. The SMILES string of the molecule is CC(=O)c1ccc(Cn2ccc(NC(=O)c3nc(C)oc3-c3cccc(OC(F)(F)F)c3)n2)s1. The molecule has 0 aliphatic carbocycles. The van der Waals surface area contributed by atoms with E-state index in [1.54, 1.807) is 23.0 Å². The minimum Gasteiger partial charge on any atom is -0.440 e. The van der Waals surface area contributed by atoms with Gasteiger partial charge in [0.25, 0.3) is 5.91 Å². The van der Waals surface area contributed by atoms with Crippen LogP contribution in [0.5, 0.6) is 5.75 Å². The second-order valence-electron chi connectivity index (χ2n) is 7.16. The molecule has 0 spiro atoms. The standard InChI is InChI=1S/C22H17F3N4O4S/c1-12(30)17-7-6-16(34-17)11-29-9-8-18(28-29)27-21(31)19-20(32-13(2)26-19)14-4-3-5-15(10-14)33-22(23,24)25/h3-10H,11H2,1-2H3,(H,27,28,31). The molecule has 4 rings (SSSR count). The normalized spacial score (nSPS) is 11.4. The summed E-state index contributed by atoms with van der Waals surface area (Å²) in [6.07, 6.45) is -3.19. The van der Waals surface area contributed by atoms with Gasteiger partial charge in [0.1, 0.15) is 5.75 Å². The number of aromatic nitrogens is 3. The van der Waals surface area contributed by atoms with Crippen molar-refractivity contribution < 1.29 is 31.9 Å². The smallest absolute Gasteiger partial charge is 0.440 e. The summed E-state index contributed by atoms with van der Waals surface area (Å²) in [5.74, 6) is -0.711. The van der Waals surface area contributed by atoms with E-state index in [1.165, 1.54) is 37.3 Å². The topological polar surface area (TPSA) is 99.2 Å². The molecule has 0 fully saturated rings. The van der Waals surface area contributed by atoms with Gasteiger partial charge in [-0.2, -0.15) is 5.10 Å². The van der Waals surface area contributed by atoms with Crippen molar-refractivity contribution in [2.45, 2.75) is 26.8 Å². The molecule has 0 radical (unpaired) electrons. The number of nitrogens with zero attached hydrogens (tertiary/aromatic N) is 3. The first kappa shape index (κ1) is 23.2. The van der Waals surface area contributed by atoms with Gasteiger partial charge < -0.3 is 14.5 Å². The van der Waals surface area contributed by atoms with Crippen LogP contribution in [0.1, 0.15) is 37.9 Å². The van der Waals surface area contributed by atoms with Gasteiger partial charge in [-0.25, -0.2) is 4.98 Å². The molecule has 4 aromatic rings. The molecule has 0 aliphatic heterocycles. The van der Waals surface area contributed by atoms with Crippen LogP contribution < -0.4 is 10.1 Å². The van der Waals surface area contributed by atoms with Crippen molar-refractivity contribution in [3.05, 3.63) is 70.0 Å². The number of benzene rings is 1. The number of carbonyl (C=O) groups is 2. The predicted molar refractivity (Wildman–Crippen MR) is 117 cm³/mol. The van der Waals surface area contributed by atoms with E-state index in [1.807, 2.05) is 6.07 Å². The Bertz CT molecular complexity index is 1360. The zero-order valence-electron chi connectivity index (χ0n) is 17.8. The van der Waals surface area contributed by atoms with E-state index in [4.69, 9.17) is 4.42 Å². The average Bonchev–Trinajstić information content (AvgIpc) is 3.47. The lowest BCUT2D eigenvalue weighted by Crippen LogP contribution is -2.17. The quantitative estimate of drug-likeness (QED) is 0.353. The molecule has 3 aromatic heterocycles. The summed E-state index contributed by atoms with van der Waals surface area (Å²) in [7, 11) is 0. The minimum atomic E-state index is -4.86. The molecule has 1 N–H and O–H groups in total. The van der Waals surface area contributed by atoms with Crippen molar-refractivity contribution in [2.24, 2.45) is 0 Å². The lowest BCUT2D eigenvalue weighted by Gasteiger charge is -2.09. The Labute approximate surface area is 195 Å². The highest BCUT2D eigenvalue weighted by Crippen LogP contribution is 2.31. The van der Waals surface area contributed by atoms with Gasteiger partial charge in [0.15, 0.2) is 28.9 Å². The Kier molecular flexibility index (Phi) is 6.24. The second-order valence-corrected chi connectivity index (χ2v) is 8.33. The number of oxazole rings is 1. The van der Waals surface area contributed by atoms with Crippen LogP contribution in [0, 0.1) is 6.92 Å². The first-order chi connectivity index (χ1) is 16.1. The van der Waals surface area contributed by atoms with Crippen LogP contribution in [0.4, 0.5) is 19.0 Å². The van der Waals surface area contributed by atoms with Gasteiger partial charge in [-0.05, 0) is 31.2 Å². The molecule has 12 heteroatoms. The third-order valence-electron chi connectivity index (χ3n) is 4.49. The Morgan fingerprint density at radius 1 is 1.21 bits per heavy atom. The highest BCUT2D eigenvalue weighted by molar-refractivity contribution is 7.14. The van der Waals surface area contributed by atoms with Gasteiger partial charge >= 0.3 is 6.36 Å². The number of aryl methyl sites for hydroxylation is 1. The van der Waals surface area contributed by atoms with E-state index in [0.717, 1.165) is 17.0 Å². The number of ether oxygens (including phenoxy) is 1. The number of ketones is 1. The van der Waals surface area contributed by atoms with Crippen LogP contribution in [0.2, 0.25) is 0 Å². The minimum absolute atomic E-state index is 0.00240. The molecule has 8 nitrogen and oxygen atoms in total. The van der Waals surface area contributed by atoms with Crippen LogP contribution in [-0.4, -0.2) is 32.8 Å². The number of carbonyl (C=O) groups excluding carboxylic acids is 2. The number of halogens is 3. The molecular formula is C22H17F3N4O4S. The van der Waals surface area contributed by atoms with E-state index in [2.05, 4.69) is 20.1 Å². The zero-order chi connectivity index (χ0) is 24.5. The molecule has 1 amide bonds. The van der Waals surface area contributed by atoms with Gasteiger partial charge in [0.2, 0.25) is 0 Å². The van der Waals surface area contributed by atoms with Crippen LogP contribution in [0.3, 0.4) is 0 Å². The number of rotatable bonds is 7. The van der Waals surface area contributed by atoms with E-state index in [9.17, 15) is 22.8 Å². The van der Waals surface area contributed by atoms with Crippen molar-refractivity contribution >= 4 is 28.8 Å². The third-order valence-corrected chi connectivity index (χ3v) is 5.66. The fraction of sp³-hybridized carbons (Fsp3) is 0.182. The fourth-order valence-electron chi connectivity index (χ4n) is 3.11. The Morgan fingerprint density at radius 3 is 2.71 bits per heavy atom. The highest BCUT2D eigenvalue weighted by atomic mass is 32.1. The summed E-state index contributed by atoms with van der Waals surface area (Å²) in [6.45, 7) is 3.42. The van der Waals surface area contributed by atoms with E-state index < -0.39 is 18.0 Å². The molecule has 34 heavy (non-hydrogen) atoms. The fourth-order valence-corrected chi connectivity index (χ4v) is 4.01. The van der Waals surface area contributed by atoms with Crippen LogP contribution in [-0.2, 0) is 6.54 Å². The molecule has 0 atom stereocenters. The molecule has 0 saturated carbocycles. The Balaban J connectivity index is 1.51. The van der Waals surface area contributed by atoms with Gasteiger partial charge in [0.05, 0.1) is 11.4 Å². The van der Waals surface area contributed by atoms with Crippen LogP contribution in [0.15, 0.2) is 53.1 Å². The molecule has 0 unspecified atom stereocenters. The first-order valence-electron chi connectivity index (χ1n) is 9.85. The highest BCUT2D eigenvalue weighted by Gasteiger charge is 2.31. The van der Waals surface area contributed by atoms with Gasteiger partial charge in [-0.3, -0.25) is 14.3 Å². The molecule has 0 bridgehead atoms. The summed E-state index contributed by atoms with van der Waals surface area (Å²) < 4.78 is 48.7. The van der Waals surface area contributed by atoms with Crippen molar-refractivity contribution in [1.82, 2.24) is 14.8 Å². The molecule has 1 aromatic carbocycles. The monoisotopic (exact) mass is 490 g/mol. The van der Waals surface area contributed by atoms with Crippen molar-refractivity contribution in [3.8, 4) is 17.1 Å². The Morgan fingerprint density at radius 2 is 2.00 bits per heavy atom. The first-order valence-corrected chi connectivity index (χ1v) is 10.7. The average molecular weight is 490 g/mol. The number of nitrogens with one attached hydrogen (secondary N) is 1. The summed E-state index contributed by atoms with van der Waals surface area (Å²) in [5, 5.41) is 6.90. The van der Waals surface area contributed by atoms with E-state index >= 15 is 0 Å². The number of amides is 1. The van der Waals surface area contributed by atoms with E-state index in [0.29, 0.717) is 11.4 Å². The lowest BCUT2D eigenvalue weighted by atomic mass is 10.1. The molecule has 0 saturated heterocycles. The molecule has 3 heterocycles. The third kappa shape index (κ3) is 5.52. The van der Waals surface area contributed by atoms with Gasteiger partial charge in [-0.1, -0.05) is 12.1 Å². The predicted octanol–water partition coefficient (Wildman–Crippen LogP) is 5.31. The molecule has 176 valence electrons. The summed E-state index contributed by atoms with van der Waals surface area (Å²) in [5.41, 5.74) is 0.0811. The number of anilines is 1. The molecule has 0 aliphatic rings. The van der Waals surface area contributed by atoms with Gasteiger partial charge in [-0.15, -0.1) is 24.5 Å². The van der Waals surface area contributed by atoms with Crippen LogP contribution >= 0.6 is 11.3 Å². The number of thiophene rings is 1. The number of Topliss-reactive ketones (excluding diaryl/α,β-unsaturated/α-hetero) is 1. The largest absolute Gasteiger partial charge is 0.573 e. The summed E-state index contributed by atoms with van der Waals surface area (Å²) >= 11 is 1.36. The Hall–Kier alpha value is -3.93. The second kappa shape index (κ2) is 9.14. The maximum atomic E-state index is 12.9. The molecular weight excluding hydrogens is 473 g/mol. The van der Waals surface area contributed by atoms with Crippen molar-refractivity contribution in [1.29, 1.82) is 0 Å². The lowest BCUT2D eigenvalue weighted by molar-refractivity contribution is -0.274. The van der Waals surface area contributed by atoms with Gasteiger partial charge in [0, 0.05) is 29.6 Å². The summed E-state index contributed by atoms with van der Waals surface area (Å²) in [4.78, 5) is 29.9. The van der Waals surface area contributed by atoms with Crippen molar-refractivity contribution in [2.75, 3.05) is 5.32 Å². The number of alkyl halides is 3. The van der Waals surface area contributed by atoms with Crippen LogP contribution in [0.25, 0.3) is 11.3 Å². The number of hydrogen-bond donors (Lipinski definition) is 1. The van der Waals surface area contributed by atoms with E-state index in [-0.39, 0.29) is 34.5 Å². The van der Waals surface area contributed by atoms with Crippen molar-refractivity contribution in [3.63, 3.8) is 0 Å². The maximum absolute atomic E-state index is 12.9. The zero-order valence-corrected chi connectivity index (χ0v) is 18.7.